The van der Waals surface area contributed by atoms with E-state index in [2.05, 4.69) is 10.1 Å². The summed E-state index contributed by atoms with van der Waals surface area (Å²) in [5.41, 5.74) is -2.04. The van der Waals surface area contributed by atoms with Crippen LogP contribution in [-0.2, 0) is 14.3 Å². The number of nitriles is 1. The third-order valence-electron chi connectivity index (χ3n) is 2.03. The average molecular weight is 268 g/mol. The molecule has 0 aromatic rings. The molecule has 0 aliphatic rings. The summed E-state index contributed by atoms with van der Waals surface area (Å²) in [7, 11) is 1.22. The number of ether oxygens (including phenoxy) is 2. The lowest BCUT2D eigenvalue weighted by molar-refractivity contribution is -0.145. The molecule has 0 bridgehead atoms. The number of esters is 1. The Hall–Kier alpha value is -2.03. The van der Waals surface area contributed by atoms with E-state index in [-0.39, 0.29) is 6.42 Å². The highest BCUT2D eigenvalue weighted by atomic mass is 16.6. The predicted molar refractivity (Wildman–Crippen MR) is 69.2 cm³/mol. The number of hydrogen-bond acceptors (Lipinski definition) is 5. The van der Waals surface area contributed by atoms with Crippen LogP contribution in [0.4, 0.5) is 4.79 Å². The van der Waals surface area contributed by atoms with Crippen molar-refractivity contribution < 1.29 is 19.1 Å². The fourth-order valence-electron chi connectivity index (χ4n) is 1.24. The highest BCUT2D eigenvalue weighted by Crippen LogP contribution is 2.12. The van der Waals surface area contributed by atoms with Crippen molar-refractivity contribution in [1.82, 2.24) is 5.32 Å². The lowest BCUT2D eigenvalue weighted by atomic mass is 10.0. The van der Waals surface area contributed by atoms with Gasteiger partial charge in [-0.05, 0) is 27.7 Å². The van der Waals surface area contributed by atoms with Gasteiger partial charge in [0.1, 0.15) is 5.60 Å². The van der Waals surface area contributed by atoms with E-state index in [1.54, 1.807) is 20.8 Å². The van der Waals surface area contributed by atoms with E-state index in [9.17, 15) is 9.59 Å². The van der Waals surface area contributed by atoms with Gasteiger partial charge in [0.15, 0.2) is 5.54 Å². The summed E-state index contributed by atoms with van der Waals surface area (Å²) >= 11 is 0. The minimum Gasteiger partial charge on any atom is -0.467 e. The van der Waals surface area contributed by atoms with Gasteiger partial charge in [-0.2, -0.15) is 5.26 Å². The Kier molecular flexibility index (Phi) is 6.06. The van der Waals surface area contributed by atoms with E-state index in [4.69, 9.17) is 10.00 Å². The summed E-state index contributed by atoms with van der Waals surface area (Å²) < 4.78 is 9.71. The molecule has 0 radical (unpaired) electrons. The Labute approximate surface area is 113 Å². The quantitative estimate of drug-likeness (QED) is 0.621. The number of amides is 1. The summed E-state index contributed by atoms with van der Waals surface area (Å²) in [6, 6.07) is 1.91. The SMILES string of the molecule is COC(=O)C(C)(/C=C\CC#N)NC(=O)OC(C)(C)C. The van der Waals surface area contributed by atoms with Gasteiger partial charge in [0.05, 0.1) is 19.6 Å². The molecule has 0 aliphatic heterocycles. The Morgan fingerprint density at radius 3 is 2.32 bits per heavy atom. The molecule has 6 heteroatoms. The normalized spacial score (nSPS) is 14.3. The minimum atomic E-state index is -1.37. The monoisotopic (exact) mass is 268 g/mol. The van der Waals surface area contributed by atoms with E-state index >= 15 is 0 Å². The van der Waals surface area contributed by atoms with Crippen LogP contribution in [0.2, 0.25) is 0 Å². The Bertz CT molecular complexity index is 404. The molecule has 19 heavy (non-hydrogen) atoms. The van der Waals surface area contributed by atoms with Crippen molar-refractivity contribution in [1.29, 1.82) is 5.26 Å². The first kappa shape index (κ1) is 17.0. The lowest BCUT2D eigenvalue weighted by Gasteiger charge is -2.27. The van der Waals surface area contributed by atoms with Crippen molar-refractivity contribution in [2.24, 2.45) is 0 Å². The molecule has 0 aromatic carbocycles. The molecule has 0 saturated carbocycles. The highest BCUT2D eigenvalue weighted by molar-refractivity contribution is 5.87. The van der Waals surface area contributed by atoms with Crippen LogP contribution in [0.3, 0.4) is 0 Å². The van der Waals surface area contributed by atoms with Crippen LogP contribution in [-0.4, -0.2) is 30.3 Å². The van der Waals surface area contributed by atoms with Crippen LogP contribution in [0.1, 0.15) is 34.1 Å². The second kappa shape index (κ2) is 6.78. The van der Waals surface area contributed by atoms with Crippen molar-refractivity contribution in [3.05, 3.63) is 12.2 Å². The zero-order valence-corrected chi connectivity index (χ0v) is 11.9. The Morgan fingerprint density at radius 2 is 1.89 bits per heavy atom. The number of carbonyl (C=O) groups is 2. The number of rotatable bonds is 4. The molecular weight excluding hydrogens is 248 g/mol. The van der Waals surface area contributed by atoms with Crippen LogP contribution in [0.25, 0.3) is 0 Å². The van der Waals surface area contributed by atoms with E-state index in [0.29, 0.717) is 0 Å². The van der Waals surface area contributed by atoms with Gasteiger partial charge in [0.25, 0.3) is 0 Å². The average Bonchev–Trinajstić information content (AvgIpc) is 2.25. The first-order chi connectivity index (χ1) is 8.64. The molecule has 0 fully saturated rings. The fraction of sp³-hybridized carbons (Fsp3) is 0.615. The predicted octanol–water partition coefficient (Wildman–Crippen LogP) is 1.91. The van der Waals surface area contributed by atoms with E-state index < -0.39 is 23.2 Å². The fourth-order valence-corrected chi connectivity index (χ4v) is 1.24. The molecule has 1 unspecified atom stereocenters. The zero-order valence-electron chi connectivity index (χ0n) is 11.9. The number of hydrogen-bond donors (Lipinski definition) is 1. The second-order valence-electron chi connectivity index (χ2n) is 5.09. The molecule has 1 N–H and O–H groups in total. The maximum atomic E-state index is 11.7. The van der Waals surface area contributed by atoms with Gasteiger partial charge in [-0.1, -0.05) is 12.2 Å². The maximum Gasteiger partial charge on any atom is 0.408 e. The van der Waals surface area contributed by atoms with E-state index in [0.717, 1.165) is 0 Å². The summed E-state index contributed by atoms with van der Waals surface area (Å²) in [6.45, 7) is 6.62. The van der Waals surface area contributed by atoms with Gasteiger partial charge in [-0.25, -0.2) is 9.59 Å². The molecule has 0 rings (SSSR count). The van der Waals surface area contributed by atoms with Gasteiger partial charge < -0.3 is 14.8 Å². The van der Waals surface area contributed by atoms with Crippen molar-refractivity contribution in [3.63, 3.8) is 0 Å². The van der Waals surface area contributed by atoms with Gasteiger partial charge in [-0.3, -0.25) is 0 Å². The number of carbonyl (C=O) groups excluding carboxylic acids is 2. The molecule has 6 nitrogen and oxygen atoms in total. The number of nitrogens with zero attached hydrogens (tertiary/aromatic N) is 1. The van der Waals surface area contributed by atoms with Gasteiger partial charge in [0.2, 0.25) is 0 Å². The zero-order chi connectivity index (χ0) is 15.1. The third-order valence-corrected chi connectivity index (χ3v) is 2.03. The minimum absolute atomic E-state index is 0.128. The van der Waals surface area contributed by atoms with Gasteiger partial charge in [-0.15, -0.1) is 0 Å². The van der Waals surface area contributed by atoms with Crippen LogP contribution in [0, 0.1) is 11.3 Å². The van der Waals surface area contributed by atoms with Crippen molar-refractivity contribution in [2.45, 2.75) is 45.3 Å². The molecule has 0 aliphatic carbocycles. The summed E-state index contributed by atoms with van der Waals surface area (Å²) in [5, 5.41) is 10.9. The molecular formula is C13H20N2O4. The first-order valence-electron chi connectivity index (χ1n) is 5.79. The number of methoxy groups -OCH3 is 1. The topological polar surface area (TPSA) is 88.4 Å². The van der Waals surface area contributed by atoms with Crippen LogP contribution in [0.15, 0.2) is 12.2 Å². The van der Waals surface area contributed by atoms with Crippen LogP contribution in [0.5, 0.6) is 0 Å². The first-order valence-corrected chi connectivity index (χ1v) is 5.79. The lowest BCUT2D eigenvalue weighted by Crippen LogP contribution is -2.52. The largest absolute Gasteiger partial charge is 0.467 e. The van der Waals surface area contributed by atoms with Gasteiger partial charge >= 0.3 is 12.1 Å². The van der Waals surface area contributed by atoms with Gasteiger partial charge in [0, 0.05) is 0 Å². The van der Waals surface area contributed by atoms with Crippen LogP contribution >= 0.6 is 0 Å². The smallest absolute Gasteiger partial charge is 0.408 e. The molecule has 0 aromatic heterocycles. The highest BCUT2D eigenvalue weighted by Gasteiger charge is 2.34. The molecule has 1 amide bonds. The molecule has 1 atom stereocenters. The molecule has 106 valence electrons. The molecule has 0 heterocycles. The number of allylic oxidation sites excluding steroid dienone is 1. The van der Waals surface area contributed by atoms with Crippen molar-refractivity contribution in [2.75, 3.05) is 7.11 Å². The maximum absolute atomic E-state index is 11.7. The number of alkyl carbamates (subject to hydrolysis) is 1. The Balaban J connectivity index is 4.93. The molecule has 0 spiro atoms. The van der Waals surface area contributed by atoms with Crippen molar-refractivity contribution in [3.8, 4) is 6.07 Å². The summed E-state index contributed by atoms with van der Waals surface area (Å²) in [6.07, 6.45) is 2.28. The number of nitrogens with one attached hydrogen (secondary N) is 1. The standard InChI is InChI=1S/C13H20N2O4/c1-12(2,3)19-11(17)15-13(4,10(16)18-5)8-6-7-9-14/h6,8H,7H2,1-5H3,(H,15,17)/b8-6-. The summed E-state index contributed by atoms with van der Waals surface area (Å²) in [4.78, 5) is 23.4. The third kappa shape index (κ3) is 6.46. The van der Waals surface area contributed by atoms with E-state index in [1.165, 1.54) is 26.2 Å². The summed E-state index contributed by atoms with van der Waals surface area (Å²) in [5.74, 6) is -0.646. The Morgan fingerprint density at radius 1 is 1.32 bits per heavy atom. The van der Waals surface area contributed by atoms with Crippen LogP contribution < -0.4 is 5.32 Å². The van der Waals surface area contributed by atoms with E-state index in [1.807, 2.05) is 6.07 Å². The molecule has 0 saturated heterocycles. The van der Waals surface area contributed by atoms with Crippen molar-refractivity contribution >= 4 is 12.1 Å². The second-order valence-corrected chi connectivity index (χ2v) is 5.09.